The van der Waals surface area contributed by atoms with Crippen LogP contribution in [-0.2, 0) is 21.1 Å². The highest BCUT2D eigenvalue weighted by Crippen LogP contribution is 2.50. The second kappa shape index (κ2) is 11.6. The lowest BCUT2D eigenvalue weighted by Crippen LogP contribution is -2.45. The van der Waals surface area contributed by atoms with Gasteiger partial charge in [-0.3, -0.25) is 19.3 Å². The Morgan fingerprint density at radius 3 is 2.34 bits per heavy atom. The van der Waals surface area contributed by atoms with Crippen molar-refractivity contribution in [3.8, 4) is 0 Å². The molecule has 6 rings (SSSR count). The molecule has 1 unspecified atom stereocenters. The molecule has 3 aliphatic rings. The van der Waals surface area contributed by atoms with Gasteiger partial charge in [0.25, 0.3) is 11.8 Å². The Labute approximate surface area is 259 Å². The van der Waals surface area contributed by atoms with Crippen LogP contribution in [0.1, 0.15) is 92.5 Å². The molecule has 8 heteroatoms. The molecule has 1 spiro atoms. The molecule has 2 fully saturated rings. The van der Waals surface area contributed by atoms with E-state index in [2.05, 4.69) is 31.4 Å². The molecule has 3 aromatic carbocycles. The Kier molecular flexibility index (Phi) is 8.01. The number of nitrogens with zero attached hydrogens (tertiary/aromatic N) is 1. The van der Waals surface area contributed by atoms with Crippen molar-refractivity contribution in [3.63, 3.8) is 0 Å². The molecule has 44 heavy (non-hydrogen) atoms. The van der Waals surface area contributed by atoms with E-state index in [9.17, 15) is 14.4 Å². The van der Waals surface area contributed by atoms with Gasteiger partial charge in [-0.2, -0.15) is 0 Å². The summed E-state index contributed by atoms with van der Waals surface area (Å²) in [4.78, 5) is 52.9. The molecule has 1 saturated heterocycles. The van der Waals surface area contributed by atoms with E-state index in [1.54, 1.807) is 12.1 Å². The van der Waals surface area contributed by atoms with E-state index in [1.807, 2.05) is 55.5 Å². The minimum Gasteiger partial charge on any atom is -0.380 e. The van der Waals surface area contributed by atoms with E-state index in [1.165, 1.54) is 4.90 Å². The number of carbonyl (C=O) groups is 3. The number of benzene rings is 3. The standard InChI is InChI=1S/C36H43N3O5/c1-34(2,3)25-15-17-36(18-16-25)23-35(4,43-44-36)21-30(40)37-19-20-39-32(41)27-12-8-11-26-29(14-13-28(31(26)27)33(39)42)38-22-24-9-6-5-7-10-24/h5-14,25,38H,15-23H2,1-4H3,(H,37,40). The maximum absolute atomic E-state index is 13.5. The van der Waals surface area contributed by atoms with Gasteiger partial charge in [-0.25, -0.2) is 9.78 Å². The van der Waals surface area contributed by atoms with E-state index in [0.29, 0.717) is 35.4 Å². The minimum absolute atomic E-state index is 0.0828. The quantitative estimate of drug-likeness (QED) is 0.223. The van der Waals surface area contributed by atoms with Gasteiger partial charge in [0.15, 0.2) is 0 Å². The van der Waals surface area contributed by atoms with Crippen molar-refractivity contribution in [1.29, 1.82) is 0 Å². The summed E-state index contributed by atoms with van der Waals surface area (Å²) in [5.74, 6) is -0.237. The predicted octanol–water partition coefficient (Wildman–Crippen LogP) is 6.64. The predicted molar refractivity (Wildman–Crippen MR) is 170 cm³/mol. The zero-order valence-electron chi connectivity index (χ0n) is 26.2. The van der Waals surface area contributed by atoms with Crippen molar-refractivity contribution in [2.24, 2.45) is 11.3 Å². The van der Waals surface area contributed by atoms with Crippen molar-refractivity contribution in [2.45, 2.75) is 84.0 Å². The van der Waals surface area contributed by atoms with E-state index in [0.717, 1.165) is 42.3 Å². The van der Waals surface area contributed by atoms with Gasteiger partial charge in [0.1, 0.15) is 11.2 Å². The highest BCUT2D eigenvalue weighted by atomic mass is 17.2. The fourth-order valence-corrected chi connectivity index (χ4v) is 7.30. The summed E-state index contributed by atoms with van der Waals surface area (Å²) in [7, 11) is 0. The van der Waals surface area contributed by atoms with Gasteiger partial charge in [0.05, 0.1) is 6.42 Å². The number of amides is 3. The van der Waals surface area contributed by atoms with Crippen molar-refractivity contribution < 1.29 is 24.2 Å². The van der Waals surface area contributed by atoms with Gasteiger partial charge in [0.2, 0.25) is 5.91 Å². The molecule has 1 saturated carbocycles. The third kappa shape index (κ3) is 5.97. The molecule has 2 N–H and O–H groups in total. The molecule has 0 radical (unpaired) electrons. The fourth-order valence-electron chi connectivity index (χ4n) is 7.30. The largest absolute Gasteiger partial charge is 0.380 e. The molecule has 232 valence electrons. The first-order chi connectivity index (χ1) is 21.0. The fraction of sp³-hybridized carbons (Fsp3) is 0.472. The van der Waals surface area contributed by atoms with Gasteiger partial charge in [-0.15, -0.1) is 0 Å². The topological polar surface area (TPSA) is 97.0 Å². The second-order valence-electron chi connectivity index (χ2n) is 14.1. The Hall–Kier alpha value is -3.75. The summed E-state index contributed by atoms with van der Waals surface area (Å²) >= 11 is 0. The average molecular weight is 598 g/mol. The van der Waals surface area contributed by atoms with Gasteiger partial charge in [-0.1, -0.05) is 63.2 Å². The van der Waals surface area contributed by atoms with Crippen LogP contribution in [0, 0.1) is 11.3 Å². The Morgan fingerprint density at radius 2 is 1.64 bits per heavy atom. The molecule has 1 atom stereocenters. The van der Waals surface area contributed by atoms with Gasteiger partial charge in [0, 0.05) is 53.6 Å². The number of imide groups is 1. The zero-order valence-corrected chi connectivity index (χ0v) is 26.2. The smallest absolute Gasteiger partial charge is 0.261 e. The third-order valence-corrected chi connectivity index (χ3v) is 9.75. The van der Waals surface area contributed by atoms with Crippen LogP contribution in [0.2, 0.25) is 0 Å². The average Bonchev–Trinajstić information content (AvgIpc) is 3.31. The first kappa shape index (κ1) is 30.3. The van der Waals surface area contributed by atoms with E-state index < -0.39 is 5.60 Å². The maximum atomic E-state index is 13.5. The van der Waals surface area contributed by atoms with Crippen molar-refractivity contribution >= 4 is 34.2 Å². The van der Waals surface area contributed by atoms with Crippen LogP contribution in [0.4, 0.5) is 5.69 Å². The van der Waals surface area contributed by atoms with Crippen LogP contribution in [0.25, 0.3) is 10.8 Å². The van der Waals surface area contributed by atoms with Crippen LogP contribution in [0.5, 0.6) is 0 Å². The molecule has 0 bridgehead atoms. The lowest BCUT2D eigenvalue weighted by molar-refractivity contribution is -0.352. The molecule has 8 nitrogen and oxygen atoms in total. The first-order valence-corrected chi connectivity index (χ1v) is 15.8. The van der Waals surface area contributed by atoms with Crippen LogP contribution >= 0.6 is 0 Å². The summed E-state index contributed by atoms with van der Waals surface area (Å²) in [5.41, 5.74) is 2.22. The number of hydrogen-bond acceptors (Lipinski definition) is 6. The van der Waals surface area contributed by atoms with Gasteiger partial charge in [-0.05, 0) is 67.7 Å². The lowest BCUT2D eigenvalue weighted by Gasteiger charge is -2.40. The van der Waals surface area contributed by atoms with Crippen molar-refractivity contribution in [1.82, 2.24) is 10.2 Å². The summed E-state index contributed by atoms with van der Waals surface area (Å²) in [6.45, 7) is 9.68. The monoisotopic (exact) mass is 597 g/mol. The molecule has 2 aliphatic heterocycles. The van der Waals surface area contributed by atoms with Crippen molar-refractivity contribution in [2.75, 3.05) is 18.4 Å². The number of carbonyl (C=O) groups excluding carboxylic acids is 3. The van der Waals surface area contributed by atoms with E-state index in [-0.39, 0.29) is 48.2 Å². The highest BCUT2D eigenvalue weighted by Gasteiger charge is 2.52. The molecule has 3 aromatic rings. The molecule has 0 aromatic heterocycles. The van der Waals surface area contributed by atoms with Crippen LogP contribution < -0.4 is 10.6 Å². The van der Waals surface area contributed by atoms with E-state index in [4.69, 9.17) is 9.78 Å². The lowest BCUT2D eigenvalue weighted by atomic mass is 9.66. The first-order valence-electron chi connectivity index (χ1n) is 15.8. The highest BCUT2D eigenvalue weighted by molar-refractivity contribution is 6.26. The molecule has 2 heterocycles. The molecule has 1 aliphatic carbocycles. The Balaban J connectivity index is 1.05. The molecular weight excluding hydrogens is 554 g/mol. The summed E-state index contributed by atoms with van der Waals surface area (Å²) in [6, 6.07) is 19.3. The minimum atomic E-state index is -0.712. The zero-order chi connectivity index (χ0) is 31.1. The van der Waals surface area contributed by atoms with Crippen LogP contribution in [-0.4, -0.2) is 46.9 Å². The van der Waals surface area contributed by atoms with Crippen LogP contribution in [0.3, 0.4) is 0 Å². The third-order valence-electron chi connectivity index (χ3n) is 9.75. The number of anilines is 1. The summed E-state index contributed by atoms with van der Waals surface area (Å²) < 4.78 is 0. The number of rotatable bonds is 8. The molecular formula is C36H43N3O5. The summed E-state index contributed by atoms with van der Waals surface area (Å²) in [6.07, 6.45) is 4.88. The number of hydrogen-bond donors (Lipinski definition) is 2. The summed E-state index contributed by atoms with van der Waals surface area (Å²) in [5, 5.41) is 7.85. The molecule has 3 amide bonds. The number of nitrogens with one attached hydrogen (secondary N) is 2. The van der Waals surface area contributed by atoms with Gasteiger partial charge < -0.3 is 10.6 Å². The van der Waals surface area contributed by atoms with Gasteiger partial charge >= 0.3 is 0 Å². The second-order valence-corrected chi connectivity index (χ2v) is 14.1. The van der Waals surface area contributed by atoms with Crippen LogP contribution in [0.15, 0.2) is 60.7 Å². The van der Waals surface area contributed by atoms with E-state index >= 15 is 0 Å². The normalized spacial score (nSPS) is 25.1. The van der Waals surface area contributed by atoms with Crippen molar-refractivity contribution in [3.05, 3.63) is 77.4 Å². The SMILES string of the molecule is CC1(CC(=O)NCCN2C(=O)c3cccc4c(NCc5ccccc5)ccc(c34)C2=O)CC2(CCC(C(C)(C)C)CC2)OO1. The maximum Gasteiger partial charge on any atom is 0.261 e. The Morgan fingerprint density at radius 1 is 0.932 bits per heavy atom. The Bertz CT molecular complexity index is 1550.